The van der Waals surface area contributed by atoms with Gasteiger partial charge in [0.25, 0.3) is 0 Å². The molecule has 0 saturated carbocycles. The first-order valence-electron chi connectivity index (χ1n) is 5.26. The molecule has 0 saturated heterocycles. The van der Waals surface area contributed by atoms with E-state index < -0.39 is 12.7 Å². The van der Waals surface area contributed by atoms with Crippen molar-refractivity contribution in [2.24, 2.45) is 0 Å². The first kappa shape index (κ1) is 13.2. The Balaban J connectivity index is 2.30. The van der Waals surface area contributed by atoms with E-state index in [1.54, 1.807) is 10.9 Å². The summed E-state index contributed by atoms with van der Waals surface area (Å²) in [6.07, 6.45) is 3.19. The van der Waals surface area contributed by atoms with E-state index in [4.69, 9.17) is 0 Å². The lowest BCUT2D eigenvalue weighted by Gasteiger charge is -2.05. The highest BCUT2D eigenvalue weighted by Gasteiger charge is 2.21. The van der Waals surface area contributed by atoms with Crippen LogP contribution in [0.25, 0.3) is 0 Å². The monoisotopic (exact) mass is 320 g/mol. The Labute approximate surface area is 110 Å². The largest absolute Gasteiger partial charge is 0.382 e. The number of halogens is 3. The maximum absolute atomic E-state index is 12.5. The zero-order valence-corrected chi connectivity index (χ0v) is 11.0. The summed E-state index contributed by atoms with van der Waals surface area (Å²) in [6, 6.07) is 0. The number of aryl methyl sites for hydroxylation is 1. The van der Waals surface area contributed by atoms with Crippen LogP contribution in [0.15, 0.2) is 23.1 Å². The van der Waals surface area contributed by atoms with Crippen molar-refractivity contribution in [1.82, 2.24) is 19.6 Å². The van der Waals surface area contributed by atoms with Gasteiger partial charge in [0.05, 0.1) is 10.7 Å². The van der Waals surface area contributed by atoms with E-state index in [1.165, 1.54) is 6.20 Å². The van der Waals surface area contributed by atoms with Crippen LogP contribution < -0.4 is 0 Å². The maximum atomic E-state index is 12.5. The molecule has 0 aliphatic rings. The van der Waals surface area contributed by atoms with Crippen molar-refractivity contribution in [2.45, 2.75) is 26.1 Å². The van der Waals surface area contributed by atoms with Crippen molar-refractivity contribution in [3.63, 3.8) is 0 Å². The Morgan fingerprint density at radius 1 is 1.44 bits per heavy atom. The van der Waals surface area contributed by atoms with Crippen molar-refractivity contribution in [2.75, 3.05) is 0 Å². The maximum Gasteiger partial charge on any atom is 0.333 e. The molecular weight excluding hydrogens is 310 g/mol. The second-order valence-electron chi connectivity index (χ2n) is 3.65. The predicted octanol–water partition coefficient (Wildman–Crippen LogP) is 2.34. The molecule has 0 radical (unpaired) electrons. The van der Waals surface area contributed by atoms with Crippen LogP contribution >= 0.6 is 15.9 Å². The summed E-state index contributed by atoms with van der Waals surface area (Å²) in [4.78, 5) is 0. The molecule has 0 aliphatic heterocycles. The van der Waals surface area contributed by atoms with E-state index in [2.05, 4.69) is 26.1 Å². The van der Waals surface area contributed by atoms with Gasteiger partial charge in [0.15, 0.2) is 0 Å². The minimum Gasteiger partial charge on any atom is -0.382 e. The fourth-order valence-corrected chi connectivity index (χ4v) is 2.03. The average molecular weight is 321 g/mol. The van der Waals surface area contributed by atoms with Gasteiger partial charge in [0, 0.05) is 24.5 Å². The molecule has 0 aromatic carbocycles. The van der Waals surface area contributed by atoms with Gasteiger partial charge < -0.3 is 5.11 Å². The van der Waals surface area contributed by atoms with E-state index in [0.717, 1.165) is 6.20 Å². The van der Waals surface area contributed by atoms with Crippen LogP contribution in [-0.2, 0) is 6.54 Å². The Bertz CT molecular complexity index is 540. The highest BCUT2D eigenvalue weighted by molar-refractivity contribution is 9.10. The number of rotatable bonds is 4. The minimum atomic E-state index is -2.74. The molecule has 0 bridgehead atoms. The first-order chi connectivity index (χ1) is 8.52. The number of aliphatic hydroxyl groups is 1. The first-order valence-corrected chi connectivity index (χ1v) is 6.05. The quantitative estimate of drug-likeness (QED) is 0.940. The molecule has 0 aliphatic carbocycles. The van der Waals surface area contributed by atoms with Crippen LogP contribution in [0.3, 0.4) is 0 Å². The Kier molecular flexibility index (Phi) is 3.76. The fourth-order valence-electron chi connectivity index (χ4n) is 1.52. The molecule has 1 unspecified atom stereocenters. The molecule has 8 heteroatoms. The summed E-state index contributed by atoms with van der Waals surface area (Å²) in [5.41, 5.74) is 0.656. The van der Waals surface area contributed by atoms with Crippen LogP contribution in [0.2, 0.25) is 0 Å². The third-order valence-electron chi connectivity index (χ3n) is 2.47. The summed E-state index contributed by atoms with van der Waals surface area (Å²) >= 11 is 3.10. The van der Waals surface area contributed by atoms with Crippen LogP contribution in [-0.4, -0.2) is 24.7 Å². The van der Waals surface area contributed by atoms with E-state index in [9.17, 15) is 13.9 Å². The van der Waals surface area contributed by atoms with Gasteiger partial charge in [0.2, 0.25) is 0 Å². The van der Waals surface area contributed by atoms with Gasteiger partial charge in [-0.2, -0.15) is 19.0 Å². The summed E-state index contributed by atoms with van der Waals surface area (Å²) in [5.74, 6) is 0. The normalized spacial score (nSPS) is 13.2. The molecule has 1 N–H and O–H groups in total. The van der Waals surface area contributed by atoms with Gasteiger partial charge in [0.1, 0.15) is 11.8 Å². The van der Waals surface area contributed by atoms with E-state index >= 15 is 0 Å². The lowest BCUT2D eigenvalue weighted by atomic mass is 10.1. The highest BCUT2D eigenvalue weighted by atomic mass is 79.9. The zero-order chi connectivity index (χ0) is 13.3. The van der Waals surface area contributed by atoms with Crippen molar-refractivity contribution in [3.05, 3.63) is 34.3 Å². The lowest BCUT2D eigenvalue weighted by Crippen LogP contribution is -2.04. The van der Waals surface area contributed by atoms with Crippen molar-refractivity contribution in [3.8, 4) is 0 Å². The number of hydrogen-bond donors (Lipinski definition) is 1. The van der Waals surface area contributed by atoms with Gasteiger partial charge >= 0.3 is 6.55 Å². The summed E-state index contributed by atoms with van der Waals surface area (Å²) in [6.45, 7) is -0.162. The molecule has 2 heterocycles. The van der Waals surface area contributed by atoms with Crippen LogP contribution in [0.1, 0.15) is 30.8 Å². The van der Waals surface area contributed by atoms with Crippen molar-refractivity contribution < 1.29 is 13.9 Å². The standard InChI is InChI=1S/C10H11BrF2N4O/c1-2-16-4-6(3-14-16)9(18)8-7(11)5-17(15-8)10(12)13/h3-5,9-10,18H,2H2,1H3. The predicted molar refractivity (Wildman–Crippen MR) is 63.1 cm³/mol. The molecule has 98 valence electrons. The zero-order valence-electron chi connectivity index (χ0n) is 9.46. The molecule has 2 rings (SSSR count). The summed E-state index contributed by atoms with van der Waals surface area (Å²) in [7, 11) is 0. The van der Waals surface area contributed by atoms with Crippen LogP contribution in [0.4, 0.5) is 8.78 Å². The molecule has 18 heavy (non-hydrogen) atoms. The van der Waals surface area contributed by atoms with Crippen LogP contribution in [0, 0.1) is 0 Å². The van der Waals surface area contributed by atoms with Crippen molar-refractivity contribution >= 4 is 15.9 Å². The minimum absolute atomic E-state index is 0.144. The summed E-state index contributed by atoms with van der Waals surface area (Å²) in [5, 5.41) is 17.7. The number of hydrogen-bond acceptors (Lipinski definition) is 3. The smallest absolute Gasteiger partial charge is 0.333 e. The molecule has 0 fully saturated rings. The summed E-state index contributed by atoms with van der Waals surface area (Å²) < 4.78 is 27.4. The van der Waals surface area contributed by atoms with Gasteiger partial charge in [-0.1, -0.05) is 0 Å². The van der Waals surface area contributed by atoms with Gasteiger partial charge in [-0.25, -0.2) is 4.68 Å². The molecule has 2 aromatic rings. The van der Waals surface area contributed by atoms with Gasteiger partial charge in [-0.05, 0) is 22.9 Å². The average Bonchev–Trinajstić information content (AvgIpc) is 2.94. The second-order valence-corrected chi connectivity index (χ2v) is 4.51. The Morgan fingerprint density at radius 3 is 2.67 bits per heavy atom. The Hall–Kier alpha value is -1.28. The molecule has 0 spiro atoms. The van der Waals surface area contributed by atoms with Gasteiger partial charge in [-0.3, -0.25) is 4.68 Å². The van der Waals surface area contributed by atoms with Crippen LogP contribution in [0.5, 0.6) is 0 Å². The molecule has 0 amide bonds. The topological polar surface area (TPSA) is 55.9 Å². The number of aliphatic hydroxyl groups excluding tert-OH is 1. The molecule has 1 atom stereocenters. The fraction of sp³-hybridized carbons (Fsp3) is 0.400. The number of aromatic nitrogens is 4. The van der Waals surface area contributed by atoms with Crippen molar-refractivity contribution in [1.29, 1.82) is 0 Å². The number of alkyl halides is 2. The second kappa shape index (κ2) is 5.15. The van der Waals surface area contributed by atoms with E-state index in [1.807, 2.05) is 6.92 Å². The third kappa shape index (κ3) is 2.44. The molecule has 2 aromatic heterocycles. The SMILES string of the molecule is CCn1cc(C(O)c2nn(C(F)F)cc2Br)cn1. The van der Waals surface area contributed by atoms with E-state index in [-0.39, 0.29) is 5.69 Å². The number of nitrogens with zero attached hydrogens (tertiary/aromatic N) is 4. The Morgan fingerprint density at radius 2 is 2.17 bits per heavy atom. The lowest BCUT2D eigenvalue weighted by molar-refractivity contribution is 0.0551. The van der Waals surface area contributed by atoms with Gasteiger partial charge in [-0.15, -0.1) is 0 Å². The third-order valence-corrected chi connectivity index (χ3v) is 3.08. The molecular formula is C10H11BrF2N4O. The van der Waals surface area contributed by atoms with E-state index in [0.29, 0.717) is 21.3 Å². The highest BCUT2D eigenvalue weighted by Crippen LogP contribution is 2.28. The molecule has 5 nitrogen and oxygen atoms in total.